The molecule has 0 bridgehead atoms. The van der Waals surface area contributed by atoms with Crippen molar-refractivity contribution in [2.24, 2.45) is 0 Å². The maximum absolute atomic E-state index is 9.82. The summed E-state index contributed by atoms with van der Waals surface area (Å²) in [7, 11) is 0. The molecule has 0 aliphatic carbocycles. The minimum Gasteiger partial charge on any atom is -0.508 e. The van der Waals surface area contributed by atoms with E-state index < -0.39 is 0 Å². The topological polar surface area (TPSA) is 40.5 Å². The standard InChI is InChI=1S/C15H15BrO2/c1-10-2-3-11(15(18)8-10)4-5-12-9-13(16)6-7-14(12)17/h2-3,6-9,17-18H,4-5H2,1H3. The zero-order valence-corrected chi connectivity index (χ0v) is 11.7. The second kappa shape index (κ2) is 5.44. The molecule has 0 aliphatic rings. The molecule has 0 spiro atoms. The van der Waals surface area contributed by atoms with Crippen molar-refractivity contribution < 1.29 is 10.2 Å². The lowest BCUT2D eigenvalue weighted by molar-refractivity contribution is 0.462. The minimum atomic E-state index is 0.296. The van der Waals surface area contributed by atoms with Crippen LogP contribution in [0.1, 0.15) is 16.7 Å². The van der Waals surface area contributed by atoms with Crippen LogP contribution in [0.15, 0.2) is 40.9 Å². The molecule has 3 heteroatoms. The number of phenolic OH excluding ortho intramolecular Hbond substituents is 2. The van der Waals surface area contributed by atoms with Gasteiger partial charge >= 0.3 is 0 Å². The van der Waals surface area contributed by atoms with Gasteiger partial charge in [-0.25, -0.2) is 0 Å². The molecule has 2 nitrogen and oxygen atoms in total. The number of phenols is 2. The molecule has 0 radical (unpaired) electrons. The first-order valence-electron chi connectivity index (χ1n) is 5.82. The predicted octanol–water partition coefficient (Wildman–Crippen LogP) is 3.95. The molecule has 0 fully saturated rings. The van der Waals surface area contributed by atoms with Crippen LogP contribution in [0.25, 0.3) is 0 Å². The van der Waals surface area contributed by atoms with Gasteiger partial charge in [-0.1, -0.05) is 28.1 Å². The normalized spacial score (nSPS) is 10.6. The third kappa shape index (κ3) is 3.05. The van der Waals surface area contributed by atoms with E-state index in [4.69, 9.17) is 0 Å². The molecular weight excluding hydrogens is 292 g/mol. The van der Waals surface area contributed by atoms with E-state index in [0.29, 0.717) is 24.3 Å². The maximum atomic E-state index is 9.82. The first-order chi connectivity index (χ1) is 8.56. The summed E-state index contributed by atoms with van der Waals surface area (Å²) in [5, 5.41) is 19.6. The SMILES string of the molecule is Cc1ccc(CCc2cc(Br)ccc2O)c(O)c1. The molecule has 0 aromatic heterocycles. The van der Waals surface area contributed by atoms with E-state index in [1.165, 1.54) is 0 Å². The molecule has 0 atom stereocenters. The number of rotatable bonds is 3. The van der Waals surface area contributed by atoms with E-state index in [1.54, 1.807) is 12.1 Å². The Morgan fingerprint density at radius 3 is 2.33 bits per heavy atom. The minimum absolute atomic E-state index is 0.296. The number of aromatic hydroxyl groups is 2. The van der Waals surface area contributed by atoms with Gasteiger partial charge in [0, 0.05) is 4.47 Å². The fourth-order valence-electron chi connectivity index (χ4n) is 1.91. The summed E-state index contributed by atoms with van der Waals surface area (Å²) in [6.45, 7) is 1.95. The van der Waals surface area contributed by atoms with Crippen LogP contribution in [-0.4, -0.2) is 10.2 Å². The molecule has 0 aliphatic heterocycles. The van der Waals surface area contributed by atoms with Crippen molar-refractivity contribution in [1.82, 2.24) is 0 Å². The second-order valence-corrected chi connectivity index (χ2v) is 5.32. The van der Waals surface area contributed by atoms with Crippen LogP contribution >= 0.6 is 15.9 Å². The van der Waals surface area contributed by atoms with Crippen molar-refractivity contribution in [1.29, 1.82) is 0 Å². The van der Waals surface area contributed by atoms with Gasteiger partial charge in [0.2, 0.25) is 0 Å². The molecule has 0 saturated carbocycles. The summed E-state index contributed by atoms with van der Waals surface area (Å²) in [5.74, 6) is 0.620. The summed E-state index contributed by atoms with van der Waals surface area (Å²) in [6, 6.07) is 11.1. The first kappa shape index (κ1) is 13.0. The first-order valence-corrected chi connectivity index (χ1v) is 6.61. The zero-order chi connectivity index (χ0) is 13.1. The highest BCUT2D eigenvalue weighted by Gasteiger charge is 2.05. The Hall–Kier alpha value is -1.48. The molecule has 2 aromatic carbocycles. The van der Waals surface area contributed by atoms with Gasteiger partial charge in [0.15, 0.2) is 0 Å². The van der Waals surface area contributed by atoms with Crippen LogP contribution in [0.4, 0.5) is 0 Å². The van der Waals surface area contributed by atoms with Crippen LogP contribution < -0.4 is 0 Å². The van der Waals surface area contributed by atoms with Crippen molar-refractivity contribution in [3.8, 4) is 11.5 Å². The highest BCUT2D eigenvalue weighted by atomic mass is 79.9. The molecule has 94 valence electrons. The van der Waals surface area contributed by atoms with Gasteiger partial charge in [-0.05, 0) is 60.7 Å². The summed E-state index contributed by atoms with van der Waals surface area (Å²) in [4.78, 5) is 0. The second-order valence-electron chi connectivity index (χ2n) is 4.41. The fraction of sp³-hybridized carbons (Fsp3) is 0.200. The van der Waals surface area contributed by atoms with Gasteiger partial charge in [-0.2, -0.15) is 0 Å². The van der Waals surface area contributed by atoms with Crippen molar-refractivity contribution in [2.45, 2.75) is 19.8 Å². The van der Waals surface area contributed by atoms with Gasteiger partial charge in [0.05, 0.1) is 0 Å². The van der Waals surface area contributed by atoms with Gasteiger partial charge in [-0.3, -0.25) is 0 Å². The van der Waals surface area contributed by atoms with Crippen LogP contribution in [0.3, 0.4) is 0 Å². The van der Waals surface area contributed by atoms with Gasteiger partial charge in [-0.15, -0.1) is 0 Å². The Labute approximate surface area is 115 Å². The van der Waals surface area contributed by atoms with Crippen LogP contribution in [-0.2, 0) is 12.8 Å². The average molecular weight is 307 g/mol. The lowest BCUT2D eigenvalue weighted by Crippen LogP contribution is -1.93. The Morgan fingerprint density at radius 2 is 1.61 bits per heavy atom. The Morgan fingerprint density at radius 1 is 0.889 bits per heavy atom. The molecular formula is C15H15BrO2. The van der Waals surface area contributed by atoms with Crippen molar-refractivity contribution in [3.05, 3.63) is 57.6 Å². The monoisotopic (exact) mass is 306 g/mol. The predicted molar refractivity (Wildman–Crippen MR) is 76.1 cm³/mol. The van der Waals surface area contributed by atoms with Crippen LogP contribution in [0.5, 0.6) is 11.5 Å². The van der Waals surface area contributed by atoms with Crippen LogP contribution in [0.2, 0.25) is 0 Å². The third-order valence-corrected chi connectivity index (χ3v) is 3.44. The van der Waals surface area contributed by atoms with E-state index in [9.17, 15) is 10.2 Å². The smallest absolute Gasteiger partial charge is 0.119 e. The van der Waals surface area contributed by atoms with Gasteiger partial charge < -0.3 is 10.2 Å². The van der Waals surface area contributed by atoms with Gasteiger partial charge in [0.25, 0.3) is 0 Å². The summed E-state index contributed by atoms with van der Waals surface area (Å²) >= 11 is 3.39. The van der Waals surface area contributed by atoms with E-state index in [2.05, 4.69) is 15.9 Å². The van der Waals surface area contributed by atoms with Crippen LogP contribution in [0, 0.1) is 6.92 Å². The average Bonchev–Trinajstić information content (AvgIpc) is 2.32. The third-order valence-electron chi connectivity index (χ3n) is 2.95. The van der Waals surface area contributed by atoms with E-state index in [-0.39, 0.29) is 0 Å². The number of benzene rings is 2. The zero-order valence-electron chi connectivity index (χ0n) is 10.2. The number of hydrogen-bond acceptors (Lipinski definition) is 2. The van der Waals surface area contributed by atoms with E-state index in [0.717, 1.165) is 21.2 Å². The van der Waals surface area contributed by atoms with E-state index in [1.807, 2.05) is 31.2 Å². The number of halogens is 1. The Kier molecular flexibility index (Phi) is 3.92. The molecule has 0 saturated heterocycles. The molecule has 2 N–H and O–H groups in total. The largest absolute Gasteiger partial charge is 0.508 e. The highest BCUT2D eigenvalue weighted by Crippen LogP contribution is 2.25. The lowest BCUT2D eigenvalue weighted by atomic mass is 10.0. The van der Waals surface area contributed by atoms with Crippen molar-refractivity contribution in [3.63, 3.8) is 0 Å². The molecule has 18 heavy (non-hydrogen) atoms. The summed E-state index contributed by atoms with van der Waals surface area (Å²) in [5.41, 5.74) is 2.82. The highest BCUT2D eigenvalue weighted by molar-refractivity contribution is 9.10. The molecule has 0 amide bonds. The van der Waals surface area contributed by atoms with Crippen molar-refractivity contribution in [2.75, 3.05) is 0 Å². The molecule has 2 aromatic rings. The van der Waals surface area contributed by atoms with Crippen molar-refractivity contribution >= 4 is 15.9 Å². The molecule has 2 rings (SSSR count). The Balaban J connectivity index is 2.13. The summed E-state index contributed by atoms with van der Waals surface area (Å²) in [6.07, 6.45) is 1.40. The number of hydrogen-bond donors (Lipinski definition) is 2. The molecule has 0 heterocycles. The lowest BCUT2D eigenvalue weighted by Gasteiger charge is -2.07. The van der Waals surface area contributed by atoms with E-state index >= 15 is 0 Å². The number of aryl methyl sites for hydroxylation is 3. The fourth-order valence-corrected chi connectivity index (χ4v) is 2.32. The maximum Gasteiger partial charge on any atom is 0.119 e. The molecule has 0 unspecified atom stereocenters. The summed E-state index contributed by atoms with van der Waals surface area (Å²) < 4.78 is 0.948. The van der Waals surface area contributed by atoms with Gasteiger partial charge in [0.1, 0.15) is 11.5 Å². The quantitative estimate of drug-likeness (QED) is 0.901. The Bertz CT molecular complexity index is 564.